The molecular weight excluding hydrogens is 877 g/mol. The molecule has 0 rings (SSSR count). The average molecular weight is 1000 g/mol. The first-order chi connectivity index (χ1) is 35.0. The molecule has 0 saturated carbocycles. The molecule has 420 valence electrons. The zero-order chi connectivity index (χ0) is 51.4. The molecule has 0 aromatic heterocycles. The van der Waals surface area contributed by atoms with Gasteiger partial charge < -0.3 is 14.2 Å². The Bertz CT molecular complexity index is 1100. The maximum Gasteiger partial charge on any atom is 0.306 e. The van der Waals surface area contributed by atoms with Crippen molar-refractivity contribution in [3.8, 4) is 0 Å². The highest BCUT2D eigenvalue weighted by molar-refractivity contribution is 5.71. The van der Waals surface area contributed by atoms with Gasteiger partial charge in [0.05, 0.1) is 0 Å². The van der Waals surface area contributed by atoms with E-state index in [2.05, 4.69) is 32.9 Å². The van der Waals surface area contributed by atoms with Crippen LogP contribution in [-0.4, -0.2) is 37.2 Å². The average Bonchev–Trinajstić information content (AvgIpc) is 3.37. The maximum atomic E-state index is 12.9. The fourth-order valence-electron chi connectivity index (χ4n) is 9.91. The standard InChI is InChI=1S/C65H124O6/c1-4-7-10-13-16-19-22-25-28-30-31-32-33-35-37-40-43-46-49-52-55-58-64(67)70-61-62(60-69-63(66)57-54-51-48-45-42-39-36-27-24-21-18-15-12-9-6-3)71-65(68)59-56-53-50-47-44-41-38-34-29-26-23-20-17-14-11-8-5-2/h25,28,62H,4-24,26-27,29-61H2,1-3H3/b28-25-/t62-/m0/s1. The first kappa shape index (κ1) is 69.2. The van der Waals surface area contributed by atoms with Gasteiger partial charge in [-0.25, -0.2) is 0 Å². The number of rotatable bonds is 60. The van der Waals surface area contributed by atoms with Crippen molar-refractivity contribution in [2.45, 2.75) is 374 Å². The Labute approximate surface area is 443 Å². The molecule has 0 spiro atoms. The SMILES string of the molecule is CCCCCCCC/C=C\CCCCCCCCCCCCCC(=O)OC[C@H](COC(=O)CCCCCCCCCCCCCCCCC)OC(=O)CCCCCCCCCCCCCCCCCCC. The Kier molecular flexibility index (Phi) is 59.1. The summed E-state index contributed by atoms with van der Waals surface area (Å²) in [5.74, 6) is -0.832. The van der Waals surface area contributed by atoms with Crippen molar-refractivity contribution < 1.29 is 28.6 Å². The Morgan fingerprint density at radius 2 is 0.465 bits per heavy atom. The summed E-state index contributed by atoms with van der Waals surface area (Å²) < 4.78 is 17.0. The monoisotopic (exact) mass is 1000 g/mol. The van der Waals surface area contributed by atoms with E-state index in [1.54, 1.807) is 0 Å². The molecule has 0 bridgehead atoms. The van der Waals surface area contributed by atoms with Crippen molar-refractivity contribution in [2.75, 3.05) is 13.2 Å². The summed E-state index contributed by atoms with van der Waals surface area (Å²) >= 11 is 0. The number of esters is 3. The molecule has 0 aliphatic rings. The second-order valence-electron chi connectivity index (χ2n) is 22.0. The van der Waals surface area contributed by atoms with Crippen molar-refractivity contribution in [3.05, 3.63) is 12.2 Å². The van der Waals surface area contributed by atoms with Crippen LogP contribution in [0.25, 0.3) is 0 Å². The Morgan fingerprint density at radius 1 is 0.268 bits per heavy atom. The largest absolute Gasteiger partial charge is 0.462 e. The first-order valence-corrected chi connectivity index (χ1v) is 32.2. The summed E-state index contributed by atoms with van der Waals surface area (Å²) in [5, 5.41) is 0. The maximum absolute atomic E-state index is 12.9. The molecule has 0 aromatic rings. The number of ether oxygens (including phenoxy) is 3. The molecule has 0 unspecified atom stereocenters. The zero-order valence-electron chi connectivity index (χ0n) is 48.3. The lowest BCUT2D eigenvalue weighted by Crippen LogP contribution is -2.30. The third-order valence-corrected chi connectivity index (χ3v) is 14.8. The summed E-state index contributed by atoms with van der Waals surface area (Å²) in [6.45, 7) is 6.71. The van der Waals surface area contributed by atoms with Crippen LogP contribution in [0, 0.1) is 0 Å². The molecule has 0 saturated heterocycles. The lowest BCUT2D eigenvalue weighted by atomic mass is 10.0. The van der Waals surface area contributed by atoms with Crippen molar-refractivity contribution in [1.82, 2.24) is 0 Å². The van der Waals surface area contributed by atoms with Crippen LogP contribution in [-0.2, 0) is 28.6 Å². The molecule has 0 aromatic carbocycles. The molecule has 0 radical (unpaired) electrons. The molecule has 0 fully saturated rings. The van der Waals surface area contributed by atoms with Crippen LogP contribution in [0.3, 0.4) is 0 Å². The van der Waals surface area contributed by atoms with E-state index < -0.39 is 6.10 Å². The van der Waals surface area contributed by atoms with E-state index in [1.807, 2.05) is 0 Å². The van der Waals surface area contributed by atoms with E-state index in [1.165, 1.54) is 270 Å². The highest BCUT2D eigenvalue weighted by atomic mass is 16.6. The third kappa shape index (κ3) is 58.9. The predicted octanol–water partition coefficient (Wildman–Crippen LogP) is 21.7. The summed E-state index contributed by atoms with van der Waals surface area (Å²) in [7, 11) is 0. The quantitative estimate of drug-likeness (QED) is 0.0261. The molecule has 1 atom stereocenters. The van der Waals surface area contributed by atoms with Crippen molar-refractivity contribution >= 4 is 17.9 Å². The van der Waals surface area contributed by atoms with E-state index in [0.29, 0.717) is 19.3 Å². The van der Waals surface area contributed by atoms with Crippen LogP contribution in [0.5, 0.6) is 0 Å². The second kappa shape index (κ2) is 60.7. The number of hydrogen-bond acceptors (Lipinski definition) is 6. The summed E-state index contributed by atoms with van der Waals surface area (Å²) in [6.07, 6.45) is 70.7. The van der Waals surface area contributed by atoms with Crippen LogP contribution in [0.15, 0.2) is 12.2 Å². The van der Waals surface area contributed by atoms with Gasteiger partial charge in [-0.05, 0) is 44.9 Å². The van der Waals surface area contributed by atoms with Crippen LogP contribution < -0.4 is 0 Å². The minimum absolute atomic E-state index is 0.0632. The van der Waals surface area contributed by atoms with Gasteiger partial charge in [-0.15, -0.1) is 0 Å². The number of unbranched alkanes of at least 4 members (excludes halogenated alkanes) is 47. The predicted molar refractivity (Wildman–Crippen MR) is 307 cm³/mol. The summed E-state index contributed by atoms with van der Waals surface area (Å²) in [4.78, 5) is 38.3. The lowest BCUT2D eigenvalue weighted by Gasteiger charge is -2.18. The van der Waals surface area contributed by atoms with E-state index in [0.717, 1.165) is 57.8 Å². The molecule has 0 heterocycles. The van der Waals surface area contributed by atoms with E-state index in [4.69, 9.17) is 14.2 Å². The van der Waals surface area contributed by atoms with Gasteiger partial charge in [-0.2, -0.15) is 0 Å². The van der Waals surface area contributed by atoms with Crippen LogP contribution in [0.1, 0.15) is 367 Å². The molecule has 0 amide bonds. The Morgan fingerprint density at radius 3 is 0.704 bits per heavy atom. The molecule has 6 nitrogen and oxygen atoms in total. The number of carbonyl (C=O) groups is 3. The number of carbonyl (C=O) groups excluding carboxylic acids is 3. The smallest absolute Gasteiger partial charge is 0.306 e. The fraction of sp³-hybridized carbons (Fsp3) is 0.923. The summed E-state index contributed by atoms with van der Waals surface area (Å²) in [5.41, 5.74) is 0. The van der Waals surface area contributed by atoms with Gasteiger partial charge >= 0.3 is 17.9 Å². The highest BCUT2D eigenvalue weighted by Gasteiger charge is 2.19. The molecule has 0 N–H and O–H groups in total. The van der Waals surface area contributed by atoms with Crippen molar-refractivity contribution in [2.24, 2.45) is 0 Å². The second-order valence-corrected chi connectivity index (χ2v) is 22.0. The van der Waals surface area contributed by atoms with Crippen LogP contribution >= 0.6 is 0 Å². The van der Waals surface area contributed by atoms with E-state index >= 15 is 0 Å². The Balaban J connectivity index is 4.28. The minimum Gasteiger partial charge on any atom is -0.462 e. The van der Waals surface area contributed by atoms with Gasteiger partial charge in [-0.1, -0.05) is 315 Å². The van der Waals surface area contributed by atoms with Gasteiger partial charge in [0.1, 0.15) is 13.2 Å². The number of allylic oxidation sites excluding steroid dienone is 2. The van der Waals surface area contributed by atoms with E-state index in [-0.39, 0.29) is 31.1 Å². The fourth-order valence-corrected chi connectivity index (χ4v) is 9.91. The topological polar surface area (TPSA) is 78.9 Å². The number of hydrogen-bond donors (Lipinski definition) is 0. The third-order valence-electron chi connectivity index (χ3n) is 14.8. The van der Waals surface area contributed by atoms with Gasteiger partial charge in [0.2, 0.25) is 0 Å². The van der Waals surface area contributed by atoms with Crippen LogP contribution in [0.2, 0.25) is 0 Å². The van der Waals surface area contributed by atoms with Crippen molar-refractivity contribution in [3.63, 3.8) is 0 Å². The highest BCUT2D eigenvalue weighted by Crippen LogP contribution is 2.18. The van der Waals surface area contributed by atoms with Gasteiger partial charge in [0.25, 0.3) is 0 Å². The minimum atomic E-state index is -0.765. The van der Waals surface area contributed by atoms with E-state index in [9.17, 15) is 14.4 Å². The molecular formula is C65H124O6. The van der Waals surface area contributed by atoms with Crippen molar-refractivity contribution in [1.29, 1.82) is 0 Å². The molecule has 71 heavy (non-hydrogen) atoms. The molecule has 0 aliphatic carbocycles. The summed E-state index contributed by atoms with van der Waals surface area (Å²) in [6, 6.07) is 0. The zero-order valence-corrected chi connectivity index (χ0v) is 48.3. The molecule has 0 aliphatic heterocycles. The van der Waals surface area contributed by atoms with Gasteiger partial charge in [0, 0.05) is 19.3 Å². The normalized spacial score (nSPS) is 12.0. The van der Waals surface area contributed by atoms with Gasteiger partial charge in [-0.3, -0.25) is 14.4 Å². The lowest BCUT2D eigenvalue weighted by molar-refractivity contribution is -0.167. The molecule has 6 heteroatoms. The first-order valence-electron chi connectivity index (χ1n) is 32.2. The Hall–Kier alpha value is -1.85. The van der Waals surface area contributed by atoms with Gasteiger partial charge in [0.15, 0.2) is 6.10 Å². The van der Waals surface area contributed by atoms with Crippen LogP contribution in [0.4, 0.5) is 0 Å².